The normalized spacial score (nSPS) is 12.5. The van der Waals surface area contributed by atoms with Crippen LogP contribution in [0.5, 0.6) is 5.75 Å². The molecule has 1 unspecified atom stereocenters. The summed E-state index contributed by atoms with van der Waals surface area (Å²) in [5.41, 5.74) is 6.69. The predicted molar refractivity (Wildman–Crippen MR) is 50.0 cm³/mol. The molecule has 1 rings (SSSR count). The predicted octanol–water partition coefficient (Wildman–Crippen LogP) is 0.657. The molecule has 0 spiro atoms. The van der Waals surface area contributed by atoms with Crippen molar-refractivity contribution >= 4 is 16.8 Å². The second-order valence-electron chi connectivity index (χ2n) is 2.52. The molecule has 0 saturated carbocycles. The maximum Gasteiger partial charge on any atom is 0.141 e. The third-order valence-corrected chi connectivity index (χ3v) is 2.15. The summed E-state index contributed by atoms with van der Waals surface area (Å²) in [4.78, 5) is 0. The molecule has 0 aliphatic rings. The molecule has 0 aliphatic heterocycles. The van der Waals surface area contributed by atoms with Crippen molar-refractivity contribution in [2.24, 2.45) is 0 Å². The first-order chi connectivity index (χ1) is 6.13. The smallest absolute Gasteiger partial charge is 0.141 e. The van der Waals surface area contributed by atoms with Crippen molar-refractivity contribution < 1.29 is 13.5 Å². The second-order valence-corrected chi connectivity index (χ2v) is 3.42. The van der Waals surface area contributed by atoms with Gasteiger partial charge in [-0.25, -0.2) is 0 Å². The summed E-state index contributed by atoms with van der Waals surface area (Å²) < 4.78 is 25.7. The average molecular weight is 200 g/mol. The number of nitrogens with two attached hydrogens (primary N) is 1. The molecule has 0 aliphatic carbocycles. The van der Waals surface area contributed by atoms with Gasteiger partial charge < -0.3 is 15.0 Å². The molecule has 0 amide bonds. The van der Waals surface area contributed by atoms with Crippen molar-refractivity contribution in [3.8, 4) is 5.75 Å². The van der Waals surface area contributed by atoms with Crippen LogP contribution in [0, 0.1) is 0 Å². The van der Waals surface area contributed by atoms with Crippen molar-refractivity contribution in [3.05, 3.63) is 23.8 Å². The van der Waals surface area contributed by atoms with E-state index in [2.05, 4.69) is 0 Å². The van der Waals surface area contributed by atoms with Crippen molar-refractivity contribution in [2.75, 3.05) is 12.8 Å². The van der Waals surface area contributed by atoms with Gasteiger partial charge in [-0.2, -0.15) is 0 Å². The quantitative estimate of drug-likeness (QED) is 0.574. The van der Waals surface area contributed by atoms with E-state index in [1.165, 1.54) is 7.11 Å². The Kier molecular flexibility index (Phi) is 3.27. The Morgan fingerprint density at radius 1 is 1.62 bits per heavy atom. The Bertz CT molecular complexity index is 327. The molecule has 0 bridgehead atoms. The fourth-order valence-corrected chi connectivity index (χ4v) is 1.46. The summed E-state index contributed by atoms with van der Waals surface area (Å²) in [5, 5.41) is 0. The standard InChI is InChI=1S/C8H11NO3S/c1-12-8-3-2-6(4-7(8)9)5-13(10)11/h2-4H,5,9H2,1H3,(H,10,11)/p-1. The lowest BCUT2D eigenvalue weighted by Gasteiger charge is -2.08. The molecular weight excluding hydrogens is 190 g/mol. The minimum atomic E-state index is -2.08. The van der Waals surface area contributed by atoms with Gasteiger partial charge in [0, 0.05) is 5.75 Å². The molecule has 0 heterocycles. The summed E-state index contributed by atoms with van der Waals surface area (Å²) in [6.45, 7) is 0. The van der Waals surface area contributed by atoms with Gasteiger partial charge in [0.1, 0.15) is 5.75 Å². The summed E-state index contributed by atoms with van der Waals surface area (Å²) in [5.74, 6) is 0.536. The molecule has 2 N–H and O–H groups in total. The lowest BCUT2D eigenvalue weighted by Crippen LogP contribution is -1.97. The Morgan fingerprint density at radius 3 is 2.77 bits per heavy atom. The third kappa shape index (κ3) is 2.71. The number of ether oxygens (including phenoxy) is 1. The molecule has 1 aromatic carbocycles. The molecule has 1 atom stereocenters. The molecule has 1 aromatic rings. The number of methoxy groups -OCH3 is 1. The molecular formula is C8H10NO3S-. The SMILES string of the molecule is COc1ccc(CS(=O)[O-])cc1N. The van der Waals surface area contributed by atoms with E-state index in [1.54, 1.807) is 18.2 Å². The van der Waals surface area contributed by atoms with E-state index in [-0.39, 0.29) is 5.75 Å². The van der Waals surface area contributed by atoms with Gasteiger partial charge >= 0.3 is 0 Å². The van der Waals surface area contributed by atoms with Gasteiger partial charge in [0.05, 0.1) is 12.8 Å². The number of hydrogen-bond donors (Lipinski definition) is 1. The number of benzene rings is 1. The van der Waals surface area contributed by atoms with E-state index in [4.69, 9.17) is 10.5 Å². The zero-order valence-electron chi connectivity index (χ0n) is 7.15. The average Bonchev–Trinajstić information content (AvgIpc) is 2.03. The molecule has 4 nitrogen and oxygen atoms in total. The van der Waals surface area contributed by atoms with Crippen molar-refractivity contribution in [3.63, 3.8) is 0 Å². The summed E-state index contributed by atoms with van der Waals surface area (Å²) >= 11 is -2.08. The number of hydrogen-bond acceptors (Lipinski definition) is 4. The van der Waals surface area contributed by atoms with Gasteiger partial charge in [0.25, 0.3) is 0 Å². The second kappa shape index (κ2) is 4.25. The number of nitrogen functional groups attached to an aromatic ring is 1. The first-order valence-electron chi connectivity index (χ1n) is 3.61. The number of anilines is 1. The van der Waals surface area contributed by atoms with Gasteiger partial charge in [0.15, 0.2) is 0 Å². The molecule has 0 fully saturated rings. The Morgan fingerprint density at radius 2 is 2.31 bits per heavy atom. The van der Waals surface area contributed by atoms with Crippen LogP contribution in [0.3, 0.4) is 0 Å². The third-order valence-electron chi connectivity index (χ3n) is 1.58. The lowest BCUT2D eigenvalue weighted by atomic mass is 10.2. The van der Waals surface area contributed by atoms with E-state index >= 15 is 0 Å². The van der Waals surface area contributed by atoms with E-state index < -0.39 is 11.1 Å². The van der Waals surface area contributed by atoms with Crippen LogP contribution in [0.15, 0.2) is 18.2 Å². The highest BCUT2D eigenvalue weighted by atomic mass is 32.2. The molecule has 0 aromatic heterocycles. The highest BCUT2D eigenvalue weighted by Gasteiger charge is 2.00. The van der Waals surface area contributed by atoms with Crippen molar-refractivity contribution in [2.45, 2.75) is 5.75 Å². The summed E-state index contributed by atoms with van der Waals surface area (Å²) in [6, 6.07) is 4.91. The van der Waals surface area contributed by atoms with Crippen LogP contribution >= 0.6 is 0 Å². The van der Waals surface area contributed by atoms with Crippen LogP contribution in [-0.4, -0.2) is 15.9 Å². The Labute approximate surface area is 79.0 Å². The van der Waals surface area contributed by atoms with Gasteiger partial charge in [-0.1, -0.05) is 17.1 Å². The maximum atomic E-state index is 10.4. The topological polar surface area (TPSA) is 75.4 Å². The first-order valence-corrected chi connectivity index (χ1v) is 4.86. The first kappa shape index (κ1) is 10.0. The lowest BCUT2D eigenvalue weighted by molar-refractivity contribution is 0.417. The highest BCUT2D eigenvalue weighted by Crippen LogP contribution is 2.22. The van der Waals surface area contributed by atoms with Gasteiger partial charge in [-0.15, -0.1) is 0 Å². The summed E-state index contributed by atoms with van der Waals surface area (Å²) in [7, 11) is 1.51. The fraction of sp³-hybridized carbons (Fsp3) is 0.250. The van der Waals surface area contributed by atoms with Crippen LogP contribution in [0.25, 0.3) is 0 Å². The number of rotatable bonds is 3. The molecule has 0 radical (unpaired) electrons. The monoisotopic (exact) mass is 200 g/mol. The summed E-state index contributed by atoms with van der Waals surface area (Å²) in [6.07, 6.45) is 0. The highest BCUT2D eigenvalue weighted by molar-refractivity contribution is 7.78. The molecule has 5 heteroatoms. The van der Waals surface area contributed by atoms with Crippen LogP contribution in [0.4, 0.5) is 5.69 Å². The van der Waals surface area contributed by atoms with Crippen LogP contribution < -0.4 is 10.5 Å². The molecule has 0 saturated heterocycles. The molecule has 13 heavy (non-hydrogen) atoms. The van der Waals surface area contributed by atoms with Crippen molar-refractivity contribution in [1.29, 1.82) is 0 Å². The zero-order valence-corrected chi connectivity index (χ0v) is 7.97. The fourth-order valence-electron chi connectivity index (χ4n) is 1.01. The zero-order chi connectivity index (χ0) is 9.84. The van der Waals surface area contributed by atoms with E-state index in [9.17, 15) is 8.76 Å². The van der Waals surface area contributed by atoms with E-state index in [1.807, 2.05) is 0 Å². The minimum Gasteiger partial charge on any atom is -0.772 e. The van der Waals surface area contributed by atoms with Gasteiger partial charge in [0.2, 0.25) is 0 Å². The largest absolute Gasteiger partial charge is 0.772 e. The van der Waals surface area contributed by atoms with E-state index in [0.29, 0.717) is 17.0 Å². The maximum absolute atomic E-state index is 10.4. The Balaban J connectivity index is 2.89. The van der Waals surface area contributed by atoms with E-state index in [0.717, 1.165) is 0 Å². The van der Waals surface area contributed by atoms with Crippen LogP contribution in [-0.2, 0) is 16.8 Å². The van der Waals surface area contributed by atoms with Crippen LogP contribution in [0.1, 0.15) is 5.56 Å². The Hall–Kier alpha value is -1.07. The van der Waals surface area contributed by atoms with Crippen molar-refractivity contribution in [1.82, 2.24) is 0 Å². The van der Waals surface area contributed by atoms with Crippen LogP contribution in [0.2, 0.25) is 0 Å². The molecule has 72 valence electrons. The van der Waals surface area contributed by atoms with Gasteiger partial charge in [-0.3, -0.25) is 4.21 Å². The van der Waals surface area contributed by atoms with Gasteiger partial charge in [-0.05, 0) is 17.7 Å². The minimum absolute atomic E-state index is 0.0196.